The van der Waals surface area contributed by atoms with Crippen molar-refractivity contribution in [3.05, 3.63) is 29.8 Å². The molecule has 4 bridgehead atoms. The molecule has 1 saturated heterocycles. The normalized spacial score (nSPS) is 39.3. The molecular weight excluding hydrogens is 294 g/mol. The van der Waals surface area contributed by atoms with Crippen LogP contribution in [0.3, 0.4) is 0 Å². The molecule has 0 unspecified atom stereocenters. The van der Waals surface area contributed by atoms with Crippen LogP contribution >= 0.6 is 0 Å². The molecule has 0 spiro atoms. The third-order valence-electron chi connectivity index (χ3n) is 7.71. The first-order chi connectivity index (χ1) is 11.8. The predicted octanol–water partition coefficient (Wildman–Crippen LogP) is 4.70. The number of likely N-dealkylation sites (tertiary alicyclic amines) is 1. The first-order valence-electron chi connectivity index (χ1n) is 10.2. The molecule has 0 atom stereocenters. The predicted molar refractivity (Wildman–Crippen MR) is 97.4 cm³/mol. The molecule has 1 aliphatic heterocycles. The van der Waals surface area contributed by atoms with Gasteiger partial charge in [-0.15, -0.1) is 0 Å². The zero-order valence-electron chi connectivity index (χ0n) is 15.0. The van der Waals surface area contributed by atoms with E-state index in [-0.39, 0.29) is 0 Å². The molecule has 0 N–H and O–H groups in total. The number of piperidine rings is 1. The van der Waals surface area contributed by atoms with Crippen LogP contribution in [0.25, 0.3) is 0 Å². The van der Waals surface area contributed by atoms with Crippen molar-refractivity contribution in [2.45, 2.75) is 56.9 Å². The summed E-state index contributed by atoms with van der Waals surface area (Å²) in [4.78, 5) is 2.90. The van der Waals surface area contributed by atoms with Crippen molar-refractivity contribution in [3.8, 4) is 5.75 Å². The molecule has 6 rings (SSSR count). The Kier molecular flexibility index (Phi) is 3.85. The average molecular weight is 325 g/mol. The number of methoxy groups -OCH3 is 1. The number of ether oxygens (including phenoxy) is 1. The van der Waals surface area contributed by atoms with Gasteiger partial charge in [0.2, 0.25) is 0 Å². The van der Waals surface area contributed by atoms with Crippen LogP contribution in [0.15, 0.2) is 24.3 Å². The maximum absolute atomic E-state index is 5.61. The second-order valence-electron chi connectivity index (χ2n) is 8.97. The summed E-state index contributed by atoms with van der Waals surface area (Å²) in [5.74, 6) is 6.03. The molecule has 1 aromatic rings. The number of para-hydroxylation sites is 1. The lowest BCUT2D eigenvalue weighted by Gasteiger charge is -2.58. The molecule has 0 aromatic heterocycles. The van der Waals surface area contributed by atoms with Crippen molar-refractivity contribution >= 4 is 0 Å². The van der Waals surface area contributed by atoms with Crippen LogP contribution in [0.2, 0.25) is 0 Å². The molecule has 130 valence electrons. The summed E-state index contributed by atoms with van der Waals surface area (Å²) in [6, 6.07) is 9.59. The lowest BCUT2D eigenvalue weighted by molar-refractivity contribution is -0.0712. The Hall–Kier alpha value is -1.02. The van der Waals surface area contributed by atoms with Crippen LogP contribution in [-0.4, -0.2) is 31.1 Å². The van der Waals surface area contributed by atoms with E-state index in [1.54, 1.807) is 32.1 Å². The van der Waals surface area contributed by atoms with Crippen LogP contribution in [0.1, 0.15) is 56.4 Å². The molecule has 5 aliphatic rings. The van der Waals surface area contributed by atoms with Gasteiger partial charge >= 0.3 is 0 Å². The van der Waals surface area contributed by atoms with Crippen LogP contribution in [0.5, 0.6) is 5.75 Å². The molecule has 1 heterocycles. The van der Waals surface area contributed by atoms with Gasteiger partial charge in [-0.2, -0.15) is 0 Å². The Morgan fingerprint density at radius 2 is 1.50 bits per heavy atom. The maximum atomic E-state index is 5.61. The topological polar surface area (TPSA) is 12.5 Å². The fraction of sp³-hybridized carbons (Fsp3) is 0.727. The number of hydrogen-bond donors (Lipinski definition) is 0. The molecule has 2 nitrogen and oxygen atoms in total. The Morgan fingerprint density at radius 1 is 0.875 bits per heavy atom. The highest BCUT2D eigenvalue weighted by Gasteiger charge is 2.50. The van der Waals surface area contributed by atoms with E-state index in [9.17, 15) is 0 Å². The number of benzene rings is 1. The van der Waals surface area contributed by atoms with Gasteiger partial charge in [0.05, 0.1) is 7.11 Å². The quantitative estimate of drug-likeness (QED) is 0.799. The first-order valence-corrected chi connectivity index (χ1v) is 10.2. The third kappa shape index (κ3) is 2.49. The lowest BCUT2D eigenvalue weighted by Crippen LogP contribution is -2.57. The van der Waals surface area contributed by atoms with Crippen molar-refractivity contribution in [2.75, 3.05) is 20.2 Å². The van der Waals surface area contributed by atoms with E-state index < -0.39 is 0 Å². The second kappa shape index (κ2) is 6.05. The fourth-order valence-corrected chi connectivity index (χ4v) is 7.01. The summed E-state index contributed by atoms with van der Waals surface area (Å²) in [6.07, 6.45) is 10.4. The van der Waals surface area contributed by atoms with E-state index in [0.717, 1.165) is 35.5 Å². The molecule has 4 saturated carbocycles. The summed E-state index contributed by atoms with van der Waals surface area (Å²) < 4.78 is 5.61. The van der Waals surface area contributed by atoms with E-state index >= 15 is 0 Å². The third-order valence-corrected chi connectivity index (χ3v) is 7.71. The van der Waals surface area contributed by atoms with Crippen molar-refractivity contribution in [3.63, 3.8) is 0 Å². The second-order valence-corrected chi connectivity index (χ2v) is 8.97. The summed E-state index contributed by atoms with van der Waals surface area (Å²) in [5, 5.41) is 0. The van der Waals surface area contributed by atoms with Crippen LogP contribution < -0.4 is 4.74 Å². The number of hydrogen-bond acceptors (Lipinski definition) is 2. The van der Waals surface area contributed by atoms with Gasteiger partial charge < -0.3 is 4.74 Å². The molecule has 0 radical (unpaired) electrons. The Balaban J connectivity index is 1.27. The highest BCUT2D eigenvalue weighted by atomic mass is 16.5. The molecule has 2 heteroatoms. The van der Waals surface area contributed by atoms with Crippen LogP contribution in [0.4, 0.5) is 0 Å². The minimum absolute atomic E-state index is 0.689. The zero-order valence-corrected chi connectivity index (χ0v) is 15.0. The summed E-state index contributed by atoms with van der Waals surface area (Å²) in [5.41, 5.74) is 1.43. The average Bonchev–Trinajstić information content (AvgIpc) is 2.61. The summed E-state index contributed by atoms with van der Waals surface area (Å²) in [6.45, 7) is 2.60. The van der Waals surface area contributed by atoms with E-state index in [0.29, 0.717) is 5.92 Å². The number of nitrogens with zero attached hydrogens (tertiary/aromatic N) is 1. The summed E-state index contributed by atoms with van der Waals surface area (Å²) in [7, 11) is 1.81. The van der Waals surface area contributed by atoms with Gasteiger partial charge in [0.1, 0.15) is 5.75 Å². The Morgan fingerprint density at radius 3 is 2.12 bits per heavy atom. The highest BCUT2D eigenvalue weighted by Crippen LogP contribution is 2.55. The van der Waals surface area contributed by atoms with Gasteiger partial charge in [-0.1, -0.05) is 18.2 Å². The summed E-state index contributed by atoms with van der Waals surface area (Å²) >= 11 is 0. The Bertz CT molecular complexity index is 561. The van der Waals surface area contributed by atoms with Crippen LogP contribution in [-0.2, 0) is 0 Å². The van der Waals surface area contributed by atoms with E-state index in [2.05, 4.69) is 29.2 Å². The standard InChI is InChI=1S/C22H31NO/c1-24-21-5-3-2-4-20(21)17-6-8-23(9-7-17)22-18-11-15-10-16(13-18)14-19(22)12-15/h2-5,15-19,22H,6-14H2,1H3. The zero-order chi connectivity index (χ0) is 16.1. The Labute approximate surface area is 146 Å². The molecule has 4 aliphatic carbocycles. The van der Waals surface area contributed by atoms with E-state index in [4.69, 9.17) is 4.74 Å². The van der Waals surface area contributed by atoms with Crippen molar-refractivity contribution < 1.29 is 4.74 Å². The smallest absolute Gasteiger partial charge is 0.122 e. The molecule has 1 aromatic carbocycles. The van der Waals surface area contributed by atoms with Crippen LogP contribution in [0, 0.1) is 23.7 Å². The molecular formula is C22H31NO. The molecule has 24 heavy (non-hydrogen) atoms. The van der Waals surface area contributed by atoms with Gasteiger partial charge in [0.25, 0.3) is 0 Å². The van der Waals surface area contributed by atoms with E-state index in [1.807, 2.05) is 7.11 Å². The highest BCUT2D eigenvalue weighted by molar-refractivity contribution is 5.36. The van der Waals surface area contributed by atoms with Crippen molar-refractivity contribution in [1.29, 1.82) is 0 Å². The lowest BCUT2D eigenvalue weighted by atomic mass is 9.53. The largest absolute Gasteiger partial charge is 0.496 e. The number of rotatable bonds is 3. The van der Waals surface area contributed by atoms with Crippen molar-refractivity contribution in [2.24, 2.45) is 23.7 Å². The fourth-order valence-electron chi connectivity index (χ4n) is 7.01. The monoisotopic (exact) mass is 325 g/mol. The van der Waals surface area contributed by atoms with E-state index in [1.165, 1.54) is 31.5 Å². The molecule has 0 amide bonds. The first kappa shape index (κ1) is 15.3. The van der Waals surface area contributed by atoms with Gasteiger partial charge in [-0.3, -0.25) is 4.90 Å². The molecule has 5 fully saturated rings. The van der Waals surface area contributed by atoms with Gasteiger partial charge in [-0.25, -0.2) is 0 Å². The minimum atomic E-state index is 0.689. The van der Waals surface area contributed by atoms with Gasteiger partial charge in [0, 0.05) is 6.04 Å². The van der Waals surface area contributed by atoms with Gasteiger partial charge in [0.15, 0.2) is 0 Å². The maximum Gasteiger partial charge on any atom is 0.122 e. The van der Waals surface area contributed by atoms with Gasteiger partial charge in [-0.05, 0) is 99.3 Å². The minimum Gasteiger partial charge on any atom is -0.496 e. The SMILES string of the molecule is COc1ccccc1C1CCN(C2C3CC4CC(C3)CC2C4)CC1. The van der Waals surface area contributed by atoms with Crippen molar-refractivity contribution in [1.82, 2.24) is 4.90 Å².